The fourth-order valence-electron chi connectivity index (χ4n) is 2.32. The van der Waals surface area contributed by atoms with Crippen LogP contribution in [0.15, 0.2) is 11.6 Å². The van der Waals surface area contributed by atoms with E-state index in [1.165, 1.54) is 12.0 Å². The number of ether oxygens (including phenoxy) is 1. The van der Waals surface area contributed by atoms with Gasteiger partial charge in [-0.05, 0) is 30.3 Å². The van der Waals surface area contributed by atoms with Crippen LogP contribution in [0.2, 0.25) is 0 Å². The zero-order chi connectivity index (χ0) is 12.1. The first-order valence-corrected chi connectivity index (χ1v) is 6.62. The maximum Gasteiger partial charge on any atom is 0.0814 e. The minimum absolute atomic E-state index is 0.218. The molecule has 0 aromatic heterocycles. The summed E-state index contributed by atoms with van der Waals surface area (Å²) in [5.41, 5.74) is 1.27. The topological polar surface area (TPSA) is 29.5 Å². The standard InChI is InChI=1S/C14H26O2/c1-5-7-8-16-14-11(4)10(3)13(15)9-12(14)6-2/h9-11,13-15H,5-8H2,1-4H3. The Morgan fingerprint density at radius 3 is 2.50 bits per heavy atom. The molecule has 2 nitrogen and oxygen atoms in total. The van der Waals surface area contributed by atoms with E-state index in [1.807, 2.05) is 6.08 Å². The highest BCUT2D eigenvalue weighted by Crippen LogP contribution is 2.33. The molecule has 0 saturated carbocycles. The van der Waals surface area contributed by atoms with Crippen LogP contribution >= 0.6 is 0 Å². The summed E-state index contributed by atoms with van der Waals surface area (Å²) in [6, 6.07) is 0. The number of hydrogen-bond donors (Lipinski definition) is 1. The average Bonchev–Trinajstić information content (AvgIpc) is 2.29. The maximum atomic E-state index is 9.91. The number of hydrogen-bond acceptors (Lipinski definition) is 2. The van der Waals surface area contributed by atoms with Crippen LogP contribution in [0, 0.1) is 11.8 Å². The van der Waals surface area contributed by atoms with Crippen LogP contribution < -0.4 is 0 Å². The fourth-order valence-corrected chi connectivity index (χ4v) is 2.32. The Kier molecular flexibility index (Phi) is 5.50. The van der Waals surface area contributed by atoms with Gasteiger partial charge in [0.2, 0.25) is 0 Å². The Balaban J connectivity index is 2.66. The Hall–Kier alpha value is -0.340. The molecule has 94 valence electrons. The van der Waals surface area contributed by atoms with Crippen LogP contribution in [-0.4, -0.2) is 23.9 Å². The van der Waals surface area contributed by atoms with Crippen molar-refractivity contribution in [2.75, 3.05) is 6.61 Å². The minimum Gasteiger partial charge on any atom is -0.389 e. The van der Waals surface area contributed by atoms with Gasteiger partial charge in [-0.1, -0.05) is 40.2 Å². The predicted molar refractivity (Wildman–Crippen MR) is 67.4 cm³/mol. The molecule has 0 radical (unpaired) electrons. The van der Waals surface area contributed by atoms with E-state index in [9.17, 15) is 5.11 Å². The average molecular weight is 226 g/mol. The quantitative estimate of drug-likeness (QED) is 0.576. The summed E-state index contributed by atoms with van der Waals surface area (Å²) >= 11 is 0. The van der Waals surface area contributed by atoms with Gasteiger partial charge in [0.15, 0.2) is 0 Å². The summed E-state index contributed by atoms with van der Waals surface area (Å²) in [6.07, 6.45) is 5.19. The summed E-state index contributed by atoms with van der Waals surface area (Å²) in [6.45, 7) is 9.45. The molecule has 1 aliphatic carbocycles. The molecule has 2 heteroatoms. The third-order valence-electron chi connectivity index (χ3n) is 3.80. The molecule has 1 rings (SSSR count). The van der Waals surface area contributed by atoms with Crippen molar-refractivity contribution in [3.05, 3.63) is 11.6 Å². The molecule has 4 atom stereocenters. The van der Waals surface area contributed by atoms with Crippen LogP contribution in [0.3, 0.4) is 0 Å². The molecule has 1 aliphatic rings. The lowest BCUT2D eigenvalue weighted by molar-refractivity contribution is -0.0115. The summed E-state index contributed by atoms with van der Waals surface area (Å²) in [7, 11) is 0. The van der Waals surface area contributed by atoms with E-state index < -0.39 is 0 Å². The zero-order valence-corrected chi connectivity index (χ0v) is 11.1. The highest BCUT2D eigenvalue weighted by atomic mass is 16.5. The molecule has 0 heterocycles. The molecule has 0 amide bonds. The molecule has 1 N–H and O–H groups in total. The van der Waals surface area contributed by atoms with Gasteiger partial charge < -0.3 is 9.84 Å². The number of aliphatic hydroxyl groups is 1. The second-order valence-electron chi connectivity index (χ2n) is 4.95. The van der Waals surface area contributed by atoms with Gasteiger partial charge in [0, 0.05) is 6.61 Å². The Morgan fingerprint density at radius 2 is 1.94 bits per heavy atom. The Bertz CT molecular complexity index is 235. The maximum absolute atomic E-state index is 9.91. The number of unbranched alkanes of at least 4 members (excludes halogenated alkanes) is 1. The summed E-state index contributed by atoms with van der Waals surface area (Å²) in [5, 5.41) is 9.91. The molecule has 0 aliphatic heterocycles. The van der Waals surface area contributed by atoms with Crippen LogP contribution in [0.25, 0.3) is 0 Å². The van der Waals surface area contributed by atoms with Crippen LogP contribution in [0.4, 0.5) is 0 Å². The molecule has 4 unspecified atom stereocenters. The monoisotopic (exact) mass is 226 g/mol. The van der Waals surface area contributed by atoms with Crippen molar-refractivity contribution in [1.29, 1.82) is 0 Å². The minimum atomic E-state index is -0.295. The SMILES string of the molecule is CCCCOC1C(CC)=CC(O)C(C)C1C. The van der Waals surface area contributed by atoms with Crippen LogP contribution in [-0.2, 0) is 4.74 Å². The van der Waals surface area contributed by atoms with E-state index in [-0.39, 0.29) is 12.2 Å². The van der Waals surface area contributed by atoms with Gasteiger partial charge >= 0.3 is 0 Å². The van der Waals surface area contributed by atoms with Gasteiger partial charge in [-0.25, -0.2) is 0 Å². The molecule has 0 fully saturated rings. The second-order valence-corrected chi connectivity index (χ2v) is 4.95. The van der Waals surface area contributed by atoms with Crippen molar-refractivity contribution >= 4 is 0 Å². The predicted octanol–water partition coefficient (Wildman–Crippen LogP) is 3.15. The van der Waals surface area contributed by atoms with E-state index in [4.69, 9.17) is 4.74 Å². The molecule has 0 bridgehead atoms. The molecule has 0 spiro atoms. The van der Waals surface area contributed by atoms with Crippen molar-refractivity contribution < 1.29 is 9.84 Å². The second kappa shape index (κ2) is 6.41. The highest BCUT2D eigenvalue weighted by molar-refractivity contribution is 5.17. The third-order valence-corrected chi connectivity index (χ3v) is 3.80. The molecular formula is C14H26O2. The third kappa shape index (κ3) is 3.08. The van der Waals surface area contributed by atoms with Gasteiger partial charge in [0.05, 0.1) is 12.2 Å². The van der Waals surface area contributed by atoms with E-state index in [2.05, 4.69) is 27.7 Å². The largest absolute Gasteiger partial charge is 0.389 e. The van der Waals surface area contributed by atoms with E-state index in [1.54, 1.807) is 0 Å². The normalized spacial score (nSPS) is 34.9. The molecule has 0 saturated heterocycles. The van der Waals surface area contributed by atoms with Gasteiger partial charge in [-0.2, -0.15) is 0 Å². The van der Waals surface area contributed by atoms with Gasteiger partial charge in [-0.15, -0.1) is 0 Å². The van der Waals surface area contributed by atoms with E-state index in [0.29, 0.717) is 11.8 Å². The van der Waals surface area contributed by atoms with Crippen molar-refractivity contribution in [2.45, 2.75) is 59.2 Å². The van der Waals surface area contributed by atoms with E-state index in [0.717, 1.165) is 19.4 Å². The fraction of sp³-hybridized carbons (Fsp3) is 0.857. The van der Waals surface area contributed by atoms with Gasteiger partial charge in [0.1, 0.15) is 0 Å². The zero-order valence-electron chi connectivity index (χ0n) is 11.1. The Morgan fingerprint density at radius 1 is 1.25 bits per heavy atom. The summed E-state index contributed by atoms with van der Waals surface area (Å²) < 4.78 is 5.98. The van der Waals surface area contributed by atoms with Crippen molar-refractivity contribution in [1.82, 2.24) is 0 Å². The summed E-state index contributed by atoms with van der Waals surface area (Å²) in [5.74, 6) is 0.703. The lowest BCUT2D eigenvalue weighted by atomic mass is 9.77. The van der Waals surface area contributed by atoms with Crippen molar-refractivity contribution in [3.8, 4) is 0 Å². The lowest BCUT2D eigenvalue weighted by Gasteiger charge is -2.37. The lowest BCUT2D eigenvalue weighted by Crippen LogP contribution is -2.38. The molecule has 0 aromatic carbocycles. The van der Waals surface area contributed by atoms with Crippen molar-refractivity contribution in [3.63, 3.8) is 0 Å². The van der Waals surface area contributed by atoms with Crippen LogP contribution in [0.1, 0.15) is 47.0 Å². The molecule has 16 heavy (non-hydrogen) atoms. The van der Waals surface area contributed by atoms with Gasteiger partial charge in [-0.3, -0.25) is 0 Å². The van der Waals surface area contributed by atoms with Gasteiger partial charge in [0.25, 0.3) is 0 Å². The first-order valence-electron chi connectivity index (χ1n) is 6.62. The van der Waals surface area contributed by atoms with E-state index >= 15 is 0 Å². The first-order chi connectivity index (χ1) is 7.61. The smallest absolute Gasteiger partial charge is 0.0814 e. The van der Waals surface area contributed by atoms with Crippen molar-refractivity contribution in [2.24, 2.45) is 11.8 Å². The highest BCUT2D eigenvalue weighted by Gasteiger charge is 2.33. The van der Waals surface area contributed by atoms with Crippen LogP contribution in [0.5, 0.6) is 0 Å². The summed E-state index contributed by atoms with van der Waals surface area (Å²) in [4.78, 5) is 0. The molecular weight excluding hydrogens is 200 g/mol. The first kappa shape index (κ1) is 13.7. The number of aliphatic hydroxyl groups excluding tert-OH is 1. The molecule has 0 aromatic rings. The number of rotatable bonds is 5. The Labute approximate surface area is 99.7 Å².